The van der Waals surface area contributed by atoms with Crippen LogP contribution in [0.5, 0.6) is 0 Å². The van der Waals surface area contributed by atoms with Crippen LogP contribution < -0.4 is 5.32 Å². The third-order valence-electron chi connectivity index (χ3n) is 5.11. The molecule has 6 nitrogen and oxygen atoms in total. The third kappa shape index (κ3) is 3.35. The molecule has 2 aromatic carbocycles. The number of fused-ring (bicyclic) bond motifs is 1. The Labute approximate surface area is 159 Å². The Kier molecular flexibility index (Phi) is 4.47. The lowest BCUT2D eigenvalue weighted by Crippen LogP contribution is -2.43. The summed E-state index contributed by atoms with van der Waals surface area (Å²) in [5, 5.41) is 3.00. The molecule has 0 aliphatic carbocycles. The van der Waals surface area contributed by atoms with Crippen molar-refractivity contribution in [1.29, 1.82) is 0 Å². The zero-order valence-corrected chi connectivity index (χ0v) is 15.9. The van der Waals surface area contributed by atoms with Crippen molar-refractivity contribution in [2.75, 3.05) is 18.4 Å². The molecule has 2 heterocycles. The number of likely N-dealkylation sites (tertiary alicyclic amines) is 1. The Morgan fingerprint density at radius 1 is 1.15 bits per heavy atom. The van der Waals surface area contributed by atoms with Gasteiger partial charge in [0.05, 0.1) is 5.92 Å². The predicted octanol–water partition coefficient (Wildman–Crippen LogP) is 2.79. The molecule has 0 aromatic heterocycles. The van der Waals surface area contributed by atoms with E-state index >= 15 is 0 Å². The largest absolute Gasteiger partial charge is 0.355 e. The van der Waals surface area contributed by atoms with Crippen LogP contribution in [0.15, 0.2) is 57.8 Å². The number of carbonyl (C=O) groups excluding carboxylic acids is 1. The molecule has 0 saturated carbocycles. The molecule has 2 aliphatic heterocycles. The number of carbonyl (C=O) groups is 1. The number of aryl methyl sites for hydroxylation is 1. The number of amidine groups is 1. The molecule has 0 bridgehead atoms. The smallest absolute Gasteiger partial charge is 0.285 e. The van der Waals surface area contributed by atoms with E-state index in [1.807, 2.05) is 42.2 Å². The molecule has 1 atom stereocenters. The van der Waals surface area contributed by atoms with E-state index in [1.165, 1.54) is 0 Å². The molecular formula is C20H21N3O3S. The number of benzene rings is 2. The number of para-hydroxylation sites is 1. The van der Waals surface area contributed by atoms with Crippen LogP contribution in [0.2, 0.25) is 0 Å². The quantitative estimate of drug-likeness (QED) is 0.865. The van der Waals surface area contributed by atoms with Gasteiger partial charge in [-0.25, -0.2) is 0 Å². The molecule has 7 heteroatoms. The number of anilines is 1. The van der Waals surface area contributed by atoms with Crippen molar-refractivity contribution in [2.24, 2.45) is 10.3 Å². The minimum Gasteiger partial charge on any atom is -0.355 e. The second-order valence-electron chi connectivity index (χ2n) is 6.98. The average Bonchev–Trinajstić information content (AvgIpc) is 2.95. The standard InChI is InChI=1S/C20H21N3O3S/c1-14-7-2-4-10-17(14)21-20(24)15-8-6-12-23(13-15)19-16-9-3-5-11-18(16)27(25,26)22-19/h2-5,7,9-11,15H,6,8,12-13H2,1H3,(H,21,24). The van der Waals surface area contributed by atoms with Crippen LogP contribution in [0, 0.1) is 12.8 Å². The van der Waals surface area contributed by atoms with Crippen LogP contribution in [0.25, 0.3) is 0 Å². The molecule has 2 aromatic rings. The van der Waals surface area contributed by atoms with E-state index < -0.39 is 10.0 Å². The monoisotopic (exact) mass is 383 g/mol. The highest BCUT2D eigenvalue weighted by Crippen LogP contribution is 2.30. The summed E-state index contributed by atoms with van der Waals surface area (Å²) in [6.07, 6.45) is 1.59. The molecule has 1 saturated heterocycles. The van der Waals surface area contributed by atoms with E-state index in [0.29, 0.717) is 24.5 Å². The van der Waals surface area contributed by atoms with Gasteiger partial charge >= 0.3 is 0 Å². The van der Waals surface area contributed by atoms with Crippen LogP contribution in [-0.2, 0) is 14.8 Å². The van der Waals surface area contributed by atoms with Gasteiger partial charge in [-0.2, -0.15) is 8.42 Å². The van der Waals surface area contributed by atoms with Crippen LogP contribution in [0.4, 0.5) is 5.69 Å². The van der Waals surface area contributed by atoms with E-state index in [1.54, 1.807) is 18.2 Å². The van der Waals surface area contributed by atoms with E-state index in [4.69, 9.17) is 0 Å². The van der Waals surface area contributed by atoms with Gasteiger partial charge in [0.15, 0.2) is 5.84 Å². The second-order valence-corrected chi connectivity index (χ2v) is 8.55. The zero-order chi connectivity index (χ0) is 19.0. The number of nitrogens with one attached hydrogen (secondary N) is 1. The molecule has 140 valence electrons. The van der Waals surface area contributed by atoms with Crippen molar-refractivity contribution in [2.45, 2.75) is 24.7 Å². The van der Waals surface area contributed by atoms with E-state index in [9.17, 15) is 13.2 Å². The van der Waals surface area contributed by atoms with Crippen LogP contribution in [-0.4, -0.2) is 38.2 Å². The lowest BCUT2D eigenvalue weighted by atomic mass is 9.96. The molecule has 4 rings (SSSR count). The Bertz CT molecular complexity index is 1030. The van der Waals surface area contributed by atoms with E-state index in [0.717, 1.165) is 24.1 Å². The first-order valence-electron chi connectivity index (χ1n) is 9.01. The Morgan fingerprint density at radius 3 is 2.70 bits per heavy atom. The number of amides is 1. The van der Waals surface area contributed by atoms with Crippen molar-refractivity contribution in [3.63, 3.8) is 0 Å². The summed E-state index contributed by atoms with van der Waals surface area (Å²) in [5.41, 5.74) is 2.45. The van der Waals surface area contributed by atoms with Crippen molar-refractivity contribution in [3.05, 3.63) is 59.7 Å². The number of hydrogen-bond acceptors (Lipinski definition) is 4. The second kappa shape index (κ2) is 6.81. The molecule has 2 aliphatic rings. The number of rotatable bonds is 2. The summed E-state index contributed by atoms with van der Waals surface area (Å²) >= 11 is 0. The molecular weight excluding hydrogens is 362 g/mol. The molecule has 27 heavy (non-hydrogen) atoms. The van der Waals surface area contributed by atoms with E-state index in [2.05, 4.69) is 9.71 Å². The average molecular weight is 383 g/mol. The first-order chi connectivity index (χ1) is 13.0. The Morgan fingerprint density at radius 2 is 1.89 bits per heavy atom. The van der Waals surface area contributed by atoms with Gasteiger partial charge in [0.2, 0.25) is 5.91 Å². The van der Waals surface area contributed by atoms with Crippen LogP contribution in [0.1, 0.15) is 24.0 Å². The Hall–Kier alpha value is -2.67. The van der Waals surface area contributed by atoms with Crippen molar-refractivity contribution in [1.82, 2.24) is 4.90 Å². The summed E-state index contributed by atoms with van der Waals surface area (Å²) < 4.78 is 28.6. The fourth-order valence-electron chi connectivity index (χ4n) is 3.65. The van der Waals surface area contributed by atoms with Crippen molar-refractivity contribution < 1.29 is 13.2 Å². The molecule has 1 N–H and O–H groups in total. The number of hydrogen-bond donors (Lipinski definition) is 1. The van der Waals surface area contributed by atoms with Gasteiger partial charge in [-0.05, 0) is 43.5 Å². The summed E-state index contributed by atoms with van der Waals surface area (Å²) in [5.74, 6) is 0.208. The minimum atomic E-state index is -3.65. The maximum atomic E-state index is 12.8. The maximum Gasteiger partial charge on any atom is 0.285 e. The highest BCUT2D eigenvalue weighted by atomic mass is 32.2. The highest BCUT2D eigenvalue weighted by molar-refractivity contribution is 7.90. The third-order valence-corrected chi connectivity index (χ3v) is 6.43. The summed E-state index contributed by atoms with van der Waals surface area (Å²) in [6.45, 7) is 3.11. The molecule has 1 fully saturated rings. The predicted molar refractivity (Wildman–Crippen MR) is 104 cm³/mol. The fraction of sp³-hybridized carbons (Fsp3) is 0.300. The van der Waals surface area contributed by atoms with Gasteiger partial charge in [-0.15, -0.1) is 4.40 Å². The van der Waals surface area contributed by atoms with Gasteiger partial charge in [-0.1, -0.05) is 30.3 Å². The normalized spacial score (nSPS) is 20.7. The number of nitrogens with zero attached hydrogens (tertiary/aromatic N) is 2. The Balaban J connectivity index is 1.54. The first kappa shape index (κ1) is 17.7. The summed E-state index contributed by atoms with van der Waals surface area (Å²) in [7, 11) is -3.65. The van der Waals surface area contributed by atoms with E-state index in [-0.39, 0.29) is 16.7 Å². The first-order valence-corrected chi connectivity index (χ1v) is 10.5. The van der Waals surface area contributed by atoms with Gasteiger partial charge < -0.3 is 10.2 Å². The van der Waals surface area contributed by atoms with Gasteiger partial charge in [0.1, 0.15) is 4.90 Å². The van der Waals surface area contributed by atoms with Gasteiger partial charge in [0.25, 0.3) is 10.0 Å². The summed E-state index contributed by atoms with van der Waals surface area (Å²) in [4.78, 5) is 14.9. The molecule has 1 unspecified atom stereocenters. The highest BCUT2D eigenvalue weighted by Gasteiger charge is 2.35. The van der Waals surface area contributed by atoms with Crippen molar-refractivity contribution >= 4 is 27.5 Å². The lowest BCUT2D eigenvalue weighted by Gasteiger charge is -2.33. The van der Waals surface area contributed by atoms with Gasteiger partial charge in [0, 0.05) is 24.3 Å². The van der Waals surface area contributed by atoms with Gasteiger partial charge in [-0.3, -0.25) is 4.79 Å². The topological polar surface area (TPSA) is 78.8 Å². The number of piperidine rings is 1. The molecule has 1 amide bonds. The van der Waals surface area contributed by atoms with Crippen LogP contribution >= 0.6 is 0 Å². The maximum absolute atomic E-state index is 12.8. The van der Waals surface area contributed by atoms with Crippen molar-refractivity contribution in [3.8, 4) is 0 Å². The van der Waals surface area contributed by atoms with Crippen LogP contribution in [0.3, 0.4) is 0 Å². The molecule has 0 radical (unpaired) electrons. The lowest BCUT2D eigenvalue weighted by molar-refractivity contribution is -0.121. The SMILES string of the molecule is Cc1ccccc1NC(=O)C1CCCN(C2=NS(=O)(=O)c3ccccc32)C1. The fourth-order valence-corrected chi connectivity index (χ4v) is 4.88. The number of sulfonamides is 1. The molecule has 0 spiro atoms. The minimum absolute atomic E-state index is 0.0382. The summed E-state index contributed by atoms with van der Waals surface area (Å²) in [6, 6.07) is 14.5. The zero-order valence-electron chi connectivity index (χ0n) is 15.1.